The quantitative estimate of drug-likeness (QED) is 0.341. The zero-order valence-electron chi connectivity index (χ0n) is 17.5. The van der Waals surface area contributed by atoms with E-state index >= 15 is 4.39 Å². The Hall–Kier alpha value is -3.74. The smallest absolute Gasteiger partial charge is 0.133 e. The Bertz CT molecular complexity index is 1670. The third-order valence-electron chi connectivity index (χ3n) is 6.03. The molecule has 6 rings (SSSR count). The standard InChI is InChI=1S/C26H19ClFN5/c27-20-9-15(5-7-29)1-4-25(20)33-14-32-24-13-31-23-12-21(28)18(11-19(23)26(24)33)16-2-3-22-17(10-16)6-8-30-22/h1-4,6,8-14,30H,5,7,29H2. The fourth-order valence-electron chi connectivity index (χ4n) is 4.41. The molecule has 0 unspecified atom stereocenters. The van der Waals surface area contributed by atoms with Gasteiger partial charge in [0, 0.05) is 28.7 Å². The molecule has 0 aliphatic heterocycles. The highest BCUT2D eigenvalue weighted by Gasteiger charge is 2.16. The normalized spacial score (nSPS) is 11.7. The first kappa shape index (κ1) is 19.9. The van der Waals surface area contributed by atoms with Gasteiger partial charge in [0.1, 0.15) is 17.7 Å². The number of halogens is 2. The summed E-state index contributed by atoms with van der Waals surface area (Å²) < 4.78 is 17.1. The van der Waals surface area contributed by atoms with Crippen LogP contribution in [0.2, 0.25) is 5.02 Å². The van der Waals surface area contributed by atoms with Crippen LogP contribution in [0.4, 0.5) is 4.39 Å². The van der Waals surface area contributed by atoms with Crippen molar-refractivity contribution in [3.05, 3.63) is 89.7 Å². The van der Waals surface area contributed by atoms with Crippen molar-refractivity contribution in [3.63, 3.8) is 0 Å². The molecule has 0 atom stereocenters. The van der Waals surface area contributed by atoms with E-state index in [4.69, 9.17) is 17.3 Å². The number of pyridine rings is 1. The van der Waals surface area contributed by atoms with Crippen molar-refractivity contribution in [2.45, 2.75) is 6.42 Å². The van der Waals surface area contributed by atoms with Gasteiger partial charge in [-0.15, -0.1) is 0 Å². The van der Waals surface area contributed by atoms with Gasteiger partial charge in [-0.3, -0.25) is 9.55 Å². The first-order valence-corrected chi connectivity index (χ1v) is 11.0. The molecule has 0 saturated carbocycles. The summed E-state index contributed by atoms with van der Waals surface area (Å²) in [5, 5.41) is 2.43. The number of aromatic nitrogens is 4. The van der Waals surface area contributed by atoms with Crippen LogP contribution < -0.4 is 5.73 Å². The molecule has 3 heterocycles. The van der Waals surface area contributed by atoms with Crippen molar-refractivity contribution in [1.82, 2.24) is 19.5 Å². The van der Waals surface area contributed by atoms with Gasteiger partial charge in [0.15, 0.2) is 0 Å². The lowest BCUT2D eigenvalue weighted by atomic mass is 10.0. The molecule has 0 aliphatic carbocycles. The second-order valence-corrected chi connectivity index (χ2v) is 8.47. The number of hydrogen-bond donors (Lipinski definition) is 2. The molecule has 0 fully saturated rings. The van der Waals surface area contributed by atoms with E-state index in [0.717, 1.165) is 45.0 Å². The van der Waals surface area contributed by atoms with Crippen LogP contribution in [0.5, 0.6) is 0 Å². The SMILES string of the molecule is NCCc1ccc(-n2cnc3cnc4cc(F)c(-c5ccc6[nH]ccc6c5)cc4c32)c(Cl)c1. The van der Waals surface area contributed by atoms with Gasteiger partial charge in [0.2, 0.25) is 0 Å². The van der Waals surface area contributed by atoms with Crippen LogP contribution in [0.3, 0.4) is 0 Å². The summed E-state index contributed by atoms with van der Waals surface area (Å²) in [6, 6.07) is 17.1. The number of aromatic amines is 1. The van der Waals surface area contributed by atoms with Crippen LogP contribution in [0.25, 0.3) is 49.7 Å². The molecule has 5 nitrogen and oxygen atoms in total. The number of nitrogens with two attached hydrogens (primary N) is 1. The van der Waals surface area contributed by atoms with E-state index in [-0.39, 0.29) is 5.82 Å². The van der Waals surface area contributed by atoms with Crippen LogP contribution in [0.15, 0.2) is 73.3 Å². The molecule has 162 valence electrons. The molecule has 0 amide bonds. The third-order valence-corrected chi connectivity index (χ3v) is 6.33. The lowest BCUT2D eigenvalue weighted by molar-refractivity contribution is 0.633. The van der Waals surface area contributed by atoms with Gasteiger partial charge in [-0.2, -0.15) is 0 Å². The van der Waals surface area contributed by atoms with Crippen molar-refractivity contribution in [2.24, 2.45) is 5.73 Å². The zero-order chi connectivity index (χ0) is 22.5. The van der Waals surface area contributed by atoms with Crippen LogP contribution in [0.1, 0.15) is 5.56 Å². The van der Waals surface area contributed by atoms with Gasteiger partial charge in [0.05, 0.1) is 27.9 Å². The molecule has 3 N–H and O–H groups in total. The number of H-pyrrole nitrogens is 1. The van der Waals surface area contributed by atoms with Crippen molar-refractivity contribution in [2.75, 3.05) is 6.54 Å². The Balaban J connectivity index is 1.59. The molecule has 0 spiro atoms. The first-order chi connectivity index (χ1) is 16.1. The van der Waals surface area contributed by atoms with Crippen LogP contribution in [0, 0.1) is 5.82 Å². The fourth-order valence-corrected chi connectivity index (χ4v) is 4.70. The van der Waals surface area contributed by atoms with Gasteiger partial charge in [0.25, 0.3) is 0 Å². The number of benzene rings is 3. The average molecular weight is 456 g/mol. The lowest BCUT2D eigenvalue weighted by Crippen LogP contribution is -2.03. The number of nitrogens with one attached hydrogen (secondary N) is 1. The molecular weight excluding hydrogens is 437 g/mol. The third kappa shape index (κ3) is 3.26. The summed E-state index contributed by atoms with van der Waals surface area (Å²) in [7, 11) is 0. The van der Waals surface area contributed by atoms with E-state index in [1.54, 1.807) is 12.5 Å². The predicted octanol–water partition coefficient (Wildman–Crippen LogP) is 6.02. The lowest BCUT2D eigenvalue weighted by Gasteiger charge is -2.12. The van der Waals surface area contributed by atoms with Crippen LogP contribution in [-0.2, 0) is 6.42 Å². The van der Waals surface area contributed by atoms with Gasteiger partial charge >= 0.3 is 0 Å². The highest BCUT2D eigenvalue weighted by atomic mass is 35.5. The Morgan fingerprint density at radius 3 is 2.76 bits per heavy atom. The van der Waals surface area contributed by atoms with Gasteiger partial charge in [-0.25, -0.2) is 9.37 Å². The molecule has 3 aromatic carbocycles. The molecule has 0 bridgehead atoms. The van der Waals surface area contributed by atoms with E-state index in [1.165, 1.54) is 6.07 Å². The van der Waals surface area contributed by atoms with Crippen molar-refractivity contribution in [3.8, 4) is 16.8 Å². The average Bonchev–Trinajstić information content (AvgIpc) is 3.45. The van der Waals surface area contributed by atoms with E-state index in [9.17, 15) is 0 Å². The van der Waals surface area contributed by atoms with E-state index in [2.05, 4.69) is 15.0 Å². The maximum absolute atomic E-state index is 15.2. The molecule has 0 radical (unpaired) electrons. The van der Waals surface area contributed by atoms with E-state index < -0.39 is 0 Å². The van der Waals surface area contributed by atoms with Crippen molar-refractivity contribution >= 4 is 44.4 Å². The largest absolute Gasteiger partial charge is 0.361 e. The number of rotatable bonds is 4. The minimum atomic E-state index is -0.320. The van der Waals surface area contributed by atoms with E-state index in [0.29, 0.717) is 28.2 Å². The molecular formula is C26H19ClFN5. The maximum atomic E-state index is 15.2. The first-order valence-electron chi connectivity index (χ1n) is 10.6. The minimum Gasteiger partial charge on any atom is -0.361 e. The Morgan fingerprint density at radius 2 is 1.91 bits per heavy atom. The number of imidazole rings is 1. The summed E-state index contributed by atoms with van der Waals surface area (Å²) >= 11 is 6.64. The summed E-state index contributed by atoms with van der Waals surface area (Å²) in [4.78, 5) is 12.1. The summed E-state index contributed by atoms with van der Waals surface area (Å²) in [5.41, 5.74) is 12.0. The Morgan fingerprint density at radius 1 is 1.00 bits per heavy atom. The predicted molar refractivity (Wildman–Crippen MR) is 131 cm³/mol. The molecule has 7 heteroatoms. The van der Waals surface area contributed by atoms with Gasteiger partial charge in [-0.1, -0.05) is 23.7 Å². The maximum Gasteiger partial charge on any atom is 0.133 e. The zero-order valence-corrected chi connectivity index (χ0v) is 18.3. The van der Waals surface area contributed by atoms with Crippen LogP contribution >= 0.6 is 11.6 Å². The fraction of sp³-hybridized carbons (Fsp3) is 0.0769. The second-order valence-electron chi connectivity index (χ2n) is 8.06. The Kier molecular flexibility index (Phi) is 4.64. The highest BCUT2D eigenvalue weighted by molar-refractivity contribution is 6.32. The van der Waals surface area contributed by atoms with Crippen molar-refractivity contribution < 1.29 is 4.39 Å². The second kappa shape index (κ2) is 7.69. The molecule has 0 aliphatic rings. The topological polar surface area (TPSA) is 72.5 Å². The molecule has 6 aromatic rings. The number of fused-ring (bicyclic) bond motifs is 4. The van der Waals surface area contributed by atoms with Gasteiger partial charge in [-0.05, 0) is 65.9 Å². The Labute approximate surface area is 193 Å². The monoisotopic (exact) mass is 455 g/mol. The number of hydrogen-bond acceptors (Lipinski definition) is 3. The highest BCUT2D eigenvalue weighted by Crippen LogP contribution is 2.34. The number of nitrogens with zero attached hydrogens (tertiary/aromatic N) is 3. The van der Waals surface area contributed by atoms with Crippen molar-refractivity contribution in [1.29, 1.82) is 0 Å². The molecule has 0 saturated heterocycles. The summed E-state index contributed by atoms with van der Waals surface area (Å²) in [6.07, 6.45) is 6.02. The summed E-state index contributed by atoms with van der Waals surface area (Å²) in [6.45, 7) is 0.558. The minimum absolute atomic E-state index is 0.320. The molecule has 3 aromatic heterocycles. The van der Waals surface area contributed by atoms with E-state index in [1.807, 2.05) is 59.3 Å². The summed E-state index contributed by atoms with van der Waals surface area (Å²) in [5.74, 6) is -0.320. The van der Waals surface area contributed by atoms with Crippen LogP contribution in [-0.4, -0.2) is 26.1 Å². The molecule has 33 heavy (non-hydrogen) atoms. The van der Waals surface area contributed by atoms with Gasteiger partial charge < -0.3 is 10.7 Å².